The van der Waals surface area contributed by atoms with Crippen molar-refractivity contribution in [3.05, 3.63) is 16.3 Å². The van der Waals surface area contributed by atoms with Gasteiger partial charge in [-0.05, 0) is 30.7 Å². The highest BCUT2D eigenvalue weighted by Gasteiger charge is 2.33. The van der Waals surface area contributed by atoms with E-state index in [4.69, 9.17) is 0 Å². The molecular formula is C11H14N2OS. The van der Waals surface area contributed by atoms with Gasteiger partial charge in [0.2, 0.25) is 0 Å². The molecule has 0 bridgehead atoms. The van der Waals surface area contributed by atoms with Crippen molar-refractivity contribution in [1.82, 2.24) is 4.90 Å². The van der Waals surface area contributed by atoms with E-state index >= 15 is 0 Å². The van der Waals surface area contributed by atoms with E-state index in [0.717, 1.165) is 30.0 Å². The fourth-order valence-corrected chi connectivity index (χ4v) is 3.21. The van der Waals surface area contributed by atoms with Gasteiger partial charge in [0.15, 0.2) is 0 Å². The average Bonchev–Trinajstić information content (AvgIpc) is 2.56. The number of fused-ring (bicyclic) bond motifs is 2. The minimum atomic E-state index is 0.227. The van der Waals surface area contributed by atoms with Crippen LogP contribution in [0.2, 0.25) is 0 Å². The van der Waals surface area contributed by atoms with E-state index in [1.165, 1.54) is 12.8 Å². The summed E-state index contributed by atoms with van der Waals surface area (Å²) in [7, 11) is 0. The number of nitrogens with one attached hydrogen (secondary N) is 1. The molecule has 1 fully saturated rings. The molecule has 4 heteroatoms. The van der Waals surface area contributed by atoms with E-state index < -0.39 is 0 Å². The molecule has 15 heavy (non-hydrogen) atoms. The molecule has 0 aromatic carbocycles. The van der Waals surface area contributed by atoms with E-state index in [9.17, 15) is 4.79 Å². The van der Waals surface area contributed by atoms with Crippen molar-refractivity contribution >= 4 is 22.9 Å². The minimum absolute atomic E-state index is 0.227. The Bertz CT molecular complexity index is 388. The third-order valence-electron chi connectivity index (χ3n) is 3.20. The summed E-state index contributed by atoms with van der Waals surface area (Å²) in [5.74, 6) is 0.227. The summed E-state index contributed by atoms with van der Waals surface area (Å²) in [6.07, 6.45) is 4.93. The van der Waals surface area contributed by atoms with Crippen LogP contribution < -0.4 is 5.32 Å². The first-order valence-corrected chi connectivity index (χ1v) is 6.39. The zero-order valence-corrected chi connectivity index (χ0v) is 9.35. The van der Waals surface area contributed by atoms with Crippen LogP contribution in [-0.2, 0) is 0 Å². The Morgan fingerprint density at radius 2 is 2.33 bits per heavy atom. The predicted molar refractivity (Wildman–Crippen MR) is 61.2 cm³/mol. The first-order chi connectivity index (χ1) is 7.36. The third kappa shape index (κ3) is 1.44. The number of hydrogen-bond acceptors (Lipinski definition) is 3. The van der Waals surface area contributed by atoms with E-state index in [2.05, 4.69) is 5.32 Å². The maximum Gasteiger partial charge on any atom is 0.267 e. The molecule has 1 aromatic rings. The molecule has 80 valence electrons. The second-order valence-electron chi connectivity index (χ2n) is 4.17. The summed E-state index contributed by atoms with van der Waals surface area (Å²) in [6.45, 7) is 0.911. The van der Waals surface area contributed by atoms with E-state index in [0.29, 0.717) is 0 Å². The van der Waals surface area contributed by atoms with Gasteiger partial charge in [0, 0.05) is 6.54 Å². The summed E-state index contributed by atoms with van der Waals surface area (Å²) in [6, 6.07) is 2.01. The fourth-order valence-electron chi connectivity index (χ4n) is 2.40. The maximum absolute atomic E-state index is 12.2. The largest absolute Gasteiger partial charge is 0.364 e. The number of carbonyl (C=O) groups excluding carboxylic acids is 1. The summed E-state index contributed by atoms with van der Waals surface area (Å²) in [5.41, 5.74) is 1.04. The monoisotopic (exact) mass is 222 g/mol. The van der Waals surface area contributed by atoms with Crippen LogP contribution in [0.25, 0.3) is 0 Å². The molecule has 3 nitrogen and oxygen atoms in total. The zero-order chi connectivity index (χ0) is 10.3. The van der Waals surface area contributed by atoms with Gasteiger partial charge >= 0.3 is 0 Å². The first-order valence-electron chi connectivity index (χ1n) is 5.51. The number of rotatable bonds is 0. The van der Waals surface area contributed by atoms with Crippen molar-refractivity contribution in [3.8, 4) is 0 Å². The average molecular weight is 222 g/mol. The molecule has 0 radical (unpaired) electrons. The molecule has 0 unspecified atom stereocenters. The number of amides is 1. The standard InChI is InChI=1S/C11H14N2OS/c14-11-10-8(5-7-15-10)12-9-4-2-1-3-6-13(9)11/h5,7,9,12H,1-4,6H2/t9-/m0/s1. The van der Waals surface area contributed by atoms with Crippen molar-refractivity contribution in [2.75, 3.05) is 11.9 Å². The van der Waals surface area contributed by atoms with Gasteiger partial charge in [0.05, 0.1) is 5.69 Å². The van der Waals surface area contributed by atoms with Crippen molar-refractivity contribution in [3.63, 3.8) is 0 Å². The molecule has 1 N–H and O–H groups in total. The van der Waals surface area contributed by atoms with E-state index in [1.54, 1.807) is 11.3 Å². The summed E-state index contributed by atoms with van der Waals surface area (Å²) in [4.78, 5) is 15.0. The van der Waals surface area contributed by atoms with Crippen LogP contribution in [0.4, 0.5) is 5.69 Å². The summed E-state index contributed by atoms with van der Waals surface area (Å²) >= 11 is 1.54. The lowest BCUT2D eigenvalue weighted by molar-refractivity contribution is 0.0696. The predicted octanol–water partition coefficient (Wildman–Crippen LogP) is 2.52. The van der Waals surface area contributed by atoms with Gasteiger partial charge in [-0.1, -0.05) is 6.42 Å². The minimum Gasteiger partial charge on any atom is -0.364 e. The maximum atomic E-state index is 12.2. The van der Waals surface area contributed by atoms with Gasteiger partial charge < -0.3 is 10.2 Å². The van der Waals surface area contributed by atoms with Crippen LogP contribution in [0.15, 0.2) is 11.4 Å². The highest BCUT2D eigenvalue weighted by atomic mass is 32.1. The molecule has 1 aromatic heterocycles. The van der Waals surface area contributed by atoms with Crippen LogP contribution >= 0.6 is 11.3 Å². The van der Waals surface area contributed by atoms with Crippen LogP contribution in [0.3, 0.4) is 0 Å². The topological polar surface area (TPSA) is 32.3 Å². The summed E-state index contributed by atoms with van der Waals surface area (Å²) in [5, 5.41) is 5.45. The Morgan fingerprint density at radius 1 is 1.40 bits per heavy atom. The van der Waals surface area contributed by atoms with Crippen molar-refractivity contribution < 1.29 is 4.79 Å². The van der Waals surface area contributed by atoms with E-state index in [1.807, 2.05) is 16.3 Å². The van der Waals surface area contributed by atoms with Crippen molar-refractivity contribution in [1.29, 1.82) is 0 Å². The SMILES string of the molecule is O=C1c2sccc2N[C@@H]2CCCCCN12. The highest BCUT2D eigenvalue weighted by molar-refractivity contribution is 7.12. The second-order valence-corrected chi connectivity index (χ2v) is 5.09. The molecule has 0 aliphatic carbocycles. The Balaban J connectivity index is 1.96. The number of nitrogens with zero attached hydrogens (tertiary/aromatic N) is 1. The molecule has 2 aliphatic rings. The molecule has 3 heterocycles. The molecule has 0 saturated carbocycles. The lowest BCUT2D eigenvalue weighted by Gasteiger charge is -2.35. The number of hydrogen-bond donors (Lipinski definition) is 1. The number of anilines is 1. The van der Waals surface area contributed by atoms with Gasteiger partial charge in [-0.3, -0.25) is 4.79 Å². The quantitative estimate of drug-likeness (QED) is 0.731. The molecular weight excluding hydrogens is 208 g/mol. The molecule has 0 spiro atoms. The summed E-state index contributed by atoms with van der Waals surface area (Å²) < 4.78 is 0. The van der Waals surface area contributed by atoms with Gasteiger partial charge in [0.1, 0.15) is 11.0 Å². The Hall–Kier alpha value is -1.03. The molecule has 1 saturated heterocycles. The van der Waals surface area contributed by atoms with Gasteiger partial charge in [0.25, 0.3) is 5.91 Å². The zero-order valence-electron chi connectivity index (χ0n) is 8.53. The van der Waals surface area contributed by atoms with Crippen LogP contribution in [-0.4, -0.2) is 23.5 Å². The second kappa shape index (κ2) is 3.52. The van der Waals surface area contributed by atoms with Gasteiger partial charge in [-0.2, -0.15) is 0 Å². The Labute approximate surface area is 93.1 Å². The Morgan fingerprint density at radius 3 is 3.27 bits per heavy atom. The third-order valence-corrected chi connectivity index (χ3v) is 4.10. The van der Waals surface area contributed by atoms with E-state index in [-0.39, 0.29) is 12.1 Å². The normalized spacial score (nSPS) is 25.2. The van der Waals surface area contributed by atoms with Crippen LogP contribution in [0.1, 0.15) is 35.4 Å². The highest BCUT2D eigenvalue weighted by Crippen LogP contribution is 2.32. The molecule has 3 rings (SSSR count). The van der Waals surface area contributed by atoms with Crippen molar-refractivity contribution in [2.45, 2.75) is 31.8 Å². The number of thiophene rings is 1. The first kappa shape index (κ1) is 9.21. The van der Waals surface area contributed by atoms with Gasteiger partial charge in [-0.15, -0.1) is 11.3 Å². The Kier molecular flexibility index (Phi) is 2.16. The van der Waals surface area contributed by atoms with Crippen LogP contribution in [0, 0.1) is 0 Å². The van der Waals surface area contributed by atoms with Gasteiger partial charge in [-0.25, -0.2) is 0 Å². The molecule has 1 atom stereocenters. The molecule has 2 aliphatic heterocycles. The molecule has 1 amide bonds. The van der Waals surface area contributed by atoms with Crippen LogP contribution in [0.5, 0.6) is 0 Å². The lowest BCUT2D eigenvalue weighted by atomic mass is 10.1. The van der Waals surface area contributed by atoms with Crippen molar-refractivity contribution in [2.24, 2.45) is 0 Å². The smallest absolute Gasteiger partial charge is 0.267 e. The lowest BCUT2D eigenvalue weighted by Crippen LogP contribution is -2.47. The fraction of sp³-hybridized carbons (Fsp3) is 0.545. The number of carbonyl (C=O) groups is 1.